The maximum Gasteiger partial charge on any atom is 0.274 e. The molecule has 4 rings (SSSR count). The Hall–Kier alpha value is -3.45. The molecule has 2 heterocycles. The molecule has 28 heavy (non-hydrogen) atoms. The Labute approximate surface area is 164 Å². The molecule has 6 nitrogen and oxygen atoms in total. The molecule has 2 aromatic carbocycles. The fourth-order valence-corrected chi connectivity index (χ4v) is 2.90. The second-order valence-corrected chi connectivity index (χ2v) is 6.45. The predicted octanol–water partition coefficient (Wildman–Crippen LogP) is 4.64. The molecule has 0 fully saturated rings. The van der Waals surface area contributed by atoms with Gasteiger partial charge in [-0.1, -0.05) is 22.8 Å². The van der Waals surface area contributed by atoms with Gasteiger partial charge in [0.25, 0.3) is 5.89 Å². The Balaban J connectivity index is 1.51. The zero-order valence-corrected chi connectivity index (χ0v) is 15.2. The van der Waals surface area contributed by atoms with Crippen LogP contribution in [-0.2, 0) is 11.3 Å². The van der Waals surface area contributed by atoms with E-state index >= 15 is 0 Å². The largest absolute Gasteiger partial charge is 0.334 e. The summed E-state index contributed by atoms with van der Waals surface area (Å²) in [6.45, 7) is 0.0586. The van der Waals surface area contributed by atoms with E-state index in [0.717, 1.165) is 0 Å². The van der Waals surface area contributed by atoms with E-state index in [1.807, 2.05) is 0 Å². The van der Waals surface area contributed by atoms with Crippen molar-refractivity contribution < 1.29 is 13.7 Å². The van der Waals surface area contributed by atoms with Crippen LogP contribution in [0, 0.1) is 5.82 Å². The van der Waals surface area contributed by atoms with Gasteiger partial charge in [-0.05, 0) is 54.6 Å². The van der Waals surface area contributed by atoms with E-state index in [-0.39, 0.29) is 24.2 Å². The van der Waals surface area contributed by atoms with Gasteiger partial charge in [-0.2, -0.15) is 4.98 Å². The first-order valence-corrected chi connectivity index (χ1v) is 8.77. The number of anilines is 1. The number of nitrogens with zero attached hydrogens (tertiary/aromatic N) is 3. The summed E-state index contributed by atoms with van der Waals surface area (Å²) < 4.78 is 20.1. The SMILES string of the molecule is O=C(Cn1cccc1-c1nc(-c2ccc(F)cc2)no1)Nc1cccc(Cl)c1. The number of benzene rings is 2. The molecule has 2 aromatic heterocycles. The first kappa shape index (κ1) is 17.9. The van der Waals surface area contributed by atoms with E-state index in [9.17, 15) is 9.18 Å². The van der Waals surface area contributed by atoms with Crippen LogP contribution in [-0.4, -0.2) is 20.6 Å². The van der Waals surface area contributed by atoms with Gasteiger partial charge >= 0.3 is 0 Å². The molecule has 0 radical (unpaired) electrons. The van der Waals surface area contributed by atoms with Crippen LogP contribution in [0.25, 0.3) is 23.0 Å². The number of carbonyl (C=O) groups excluding carboxylic acids is 1. The number of carbonyl (C=O) groups is 1. The van der Waals surface area contributed by atoms with Crippen LogP contribution in [0.5, 0.6) is 0 Å². The van der Waals surface area contributed by atoms with E-state index in [1.54, 1.807) is 59.3 Å². The number of rotatable bonds is 5. The summed E-state index contributed by atoms with van der Waals surface area (Å²) in [5.41, 5.74) is 1.85. The van der Waals surface area contributed by atoms with Crippen molar-refractivity contribution in [3.05, 3.63) is 77.7 Å². The van der Waals surface area contributed by atoms with Crippen molar-refractivity contribution in [1.29, 1.82) is 0 Å². The zero-order valence-electron chi connectivity index (χ0n) is 14.5. The van der Waals surface area contributed by atoms with E-state index in [4.69, 9.17) is 16.1 Å². The molecule has 0 aliphatic heterocycles. The predicted molar refractivity (Wildman–Crippen MR) is 103 cm³/mol. The third kappa shape index (κ3) is 3.94. The Morgan fingerprint density at radius 1 is 1.14 bits per heavy atom. The van der Waals surface area contributed by atoms with Gasteiger partial charge in [0.2, 0.25) is 11.7 Å². The van der Waals surface area contributed by atoms with Gasteiger partial charge in [-0.25, -0.2) is 4.39 Å². The Kier molecular flexibility index (Phi) is 4.90. The lowest BCUT2D eigenvalue weighted by atomic mass is 10.2. The van der Waals surface area contributed by atoms with Crippen molar-refractivity contribution >= 4 is 23.2 Å². The lowest BCUT2D eigenvalue weighted by Gasteiger charge is -2.08. The van der Waals surface area contributed by atoms with Gasteiger partial charge in [-0.3, -0.25) is 4.79 Å². The minimum absolute atomic E-state index is 0.0586. The third-order valence-corrected chi connectivity index (χ3v) is 4.23. The Morgan fingerprint density at radius 3 is 2.75 bits per heavy atom. The Morgan fingerprint density at radius 2 is 1.96 bits per heavy atom. The highest BCUT2D eigenvalue weighted by Crippen LogP contribution is 2.23. The highest BCUT2D eigenvalue weighted by atomic mass is 35.5. The summed E-state index contributed by atoms with van der Waals surface area (Å²) in [4.78, 5) is 16.7. The molecule has 0 aliphatic rings. The van der Waals surface area contributed by atoms with Gasteiger partial charge in [0, 0.05) is 22.5 Å². The number of amides is 1. The molecule has 140 valence electrons. The molecular weight excluding hydrogens is 383 g/mol. The molecular formula is C20H14ClFN4O2. The normalized spacial score (nSPS) is 10.8. The minimum Gasteiger partial charge on any atom is -0.334 e. The van der Waals surface area contributed by atoms with E-state index in [0.29, 0.717) is 27.8 Å². The van der Waals surface area contributed by atoms with Crippen LogP contribution in [0.15, 0.2) is 71.4 Å². The number of hydrogen-bond donors (Lipinski definition) is 1. The average Bonchev–Trinajstić information content (AvgIpc) is 3.31. The van der Waals surface area contributed by atoms with Crippen LogP contribution in [0.2, 0.25) is 5.02 Å². The summed E-state index contributed by atoms with van der Waals surface area (Å²) in [5, 5.41) is 7.26. The number of aromatic nitrogens is 3. The van der Waals surface area contributed by atoms with Gasteiger partial charge in [-0.15, -0.1) is 0 Å². The molecule has 1 N–H and O–H groups in total. The fraction of sp³-hybridized carbons (Fsp3) is 0.0500. The van der Waals surface area contributed by atoms with Crippen LogP contribution >= 0.6 is 11.6 Å². The molecule has 0 saturated carbocycles. The smallest absolute Gasteiger partial charge is 0.274 e. The summed E-state index contributed by atoms with van der Waals surface area (Å²) in [7, 11) is 0. The fourth-order valence-electron chi connectivity index (χ4n) is 2.71. The van der Waals surface area contributed by atoms with Crippen molar-refractivity contribution in [2.75, 3.05) is 5.32 Å². The highest BCUT2D eigenvalue weighted by Gasteiger charge is 2.15. The van der Waals surface area contributed by atoms with Crippen molar-refractivity contribution in [3.8, 4) is 23.0 Å². The van der Waals surface area contributed by atoms with Crippen LogP contribution in [0.4, 0.5) is 10.1 Å². The summed E-state index contributed by atoms with van der Waals surface area (Å²) >= 11 is 5.93. The number of halogens is 2. The second-order valence-electron chi connectivity index (χ2n) is 6.01. The second kappa shape index (κ2) is 7.66. The monoisotopic (exact) mass is 396 g/mol. The van der Waals surface area contributed by atoms with Gasteiger partial charge in [0.1, 0.15) is 18.1 Å². The molecule has 0 spiro atoms. The van der Waals surface area contributed by atoms with Gasteiger partial charge < -0.3 is 14.4 Å². The standard InChI is InChI=1S/C20H14ClFN4O2/c21-14-3-1-4-16(11-14)23-18(27)12-26-10-2-5-17(26)20-24-19(25-28-20)13-6-8-15(22)9-7-13/h1-11H,12H2,(H,23,27). The lowest BCUT2D eigenvalue weighted by molar-refractivity contribution is -0.116. The van der Waals surface area contributed by atoms with Gasteiger partial charge in [0.15, 0.2) is 0 Å². The highest BCUT2D eigenvalue weighted by molar-refractivity contribution is 6.30. The molecule has 1 amide bonds. The summed E-state index contributed by atoms with van der Waals surface area (Å²) in [6, 6.07) is 16.3. The number of nitrogens with one attached hydrogen (secondary N) is 1. The maximum absolute atomic E-state index is 13.1. The molecule has 4 aromatic rings. The first-order valence-electron chi connectivity index (χ1n) is 8.39. The summed E-state index contributed by atoms with van der Waals surface area (Å²) in [5.74, 6) is 0.0380. The summed E-state index contributed by atoms with van der Waals surface area (Å²) in [6.07, 6.45) is 1.74. The average molecular weight is 397 g/mol. The molecule has 0 bridgehead atoms. The van der Waals surface area contributed by atoms with Crippen molar-refractivity contribution in [1.82, 2.24) is 14.7 Å². The topological polar surface area (TPSA) is 73.0 Å². The minimum atomic E-state index is -0.341. The van der Waals surface area contributed by atoms with Crippen molar-refractivity contribution in [2.45, 2.75) is 6.54 Å². The Bertz CT molecular complexity index is 1120. The third-order valence-electron chi connectivity index (χ3n) is 4.00. The van der Waals surface area contributed by atoms with Gasteiger partial charge in [0.05, 0.1) is 0 Å². The van der Waals surface area contributed by atoms with E-state index in [1.165, 1.54) is 12.1 Å². The first-order chi connectivity index (χ1) is 13.6. The number of hydrogen-bond acceptors (Lipinski definition) is 4. The quantitative estimate of drug-likeness (QED) is 0.533. The van der Waals surface area contributed by atoms with Crippen molar-refractivity contribution in [3.63, 3.8) is 0 Å². The lowest BCUT2D eigenvalue weighted by Crippen LogP contribution is -2.18. The van der Waals surface area contributed by atoms with E-state index in [2.05, 4.69) is 15.5 Å². The van der Waals surface area contributed by atoms with E-state index < -0.39 is 0 Å². The molecule has 0 saturated heterocycles. The molecule has 0 atom stereocenters. The van der Waals surface area contributed by atoms with Crippen LogP contribution in [0.3, 0.4) is 0 Å². The molecule has 0 aliphatic carbocycles. The van der Waals surface area contributed by atoms with Crippen LogP contribution < -0.4 is 5.32 Å². The zero-order chi connectivity index (χ0) is 19.5. The van der Waals surface area contributed by atoms with Crippen molar-refractivity contribution in [2.24, 2.45) is 0 Å². The molecule has 8 heteroatoms. The maximum atomic E-state index is 13.1. The van der Waals surface area contributed by atoms with Crippen LogP contribution in [0.1, 0.15) is 0 Å². The molecule has 0 unspecified atom stereocenters.